The van der Waals surface area contributed by atoms with Gasteiger partial charge in [0.25, 0.3) is 0 Å². The Morgan fingerprint density at radius 1 is 1.40 bits per heavy atom. The van der Waals surface area contributed by atoms with E-state index in [1.807, 2.05) is 38.1 Å². The summed E-state index contributed by atoms with van der Waals surface area (Å²) in [5, 5.41) is 10.3. The van der Waals surface area contributed by atoms with Crippen LogP contribution in [0.1, 0.15) is 24.3 Å². The number of para-hydroxylation sites is 1. The van der Waals surface area contributed by atoms with Crippen molar-refractivity contribution in [2.75, 3.05) is 6.61 Å². The molecular formula is C18H18N2O4S. The number of rotatable bonds is 5. The molecule has 0 saturated heterocycles. The third-order valence-electron chi connectivity index (χ3n) is 3.60. The number of aromatic hydroxyl groups is 1. The van der Waals surface area contributed by atoms with Crippen LogP contribution in [0.4, 0.5) is 5.69 Å². The van der Waals surface area contributed by atoms with Gasteiger partial charge in [0.2, 0.25) is 5.88 Å². The third-order valence-corrected chi connectivity index (χ3v) is 4.52. The Morgan fingerprint density at radius 2 is 2.16 bits per heavy atom. The lowest BCUT2D eigenvalue weighted by Gasteiger charge is -2.07. The molecule has 3 rings (SSSR count). The van der Waals surface area contributed by atoms with Gasteiger partial charge in [-0.3, -0.25) is 19.1 Å². The standard InChI is InChI=1S/C18H18N2O4S/c1-11(2)10-24-16(21)9-20-17(22)15(25-18(20)23)7-12-8-19-14-6-4-3-5-13(12)14/h3-8,11,22H,9-10H2,1-2H3. The molecule has 0 atom stereocenters. The van der Waals surface area contributed by atoms with Crippen LogP contribution in [0, 0.1) is 5.92 Å². The number of esters is 1. The molecule has 2 aromatic rings. The molecule has 6 nitrogen and oxygen atoms in total. The van der Waals surface area contributed by atoms with Crippen LogP contribution in [-0.2, 0) is 16.1 Å². The summed E-state index contributed by atoms with van der Waals surface area (Å²) in [5.74, 6) is -0.573. The topological polar surface area (TPSA) is 80.9 Å². The molecule has 0 spiro atoms. The summed E-state index contributed by atoms with van der Waals surface area (Å²) in [4.78, 5) is 28.2. The summed E-state index contributed by atoms with van der Waals surface area (Å²) in [6, 6.07) is 7.62. The van der Waals surface area contributed by atoms with Gasteiger partial charge in [-0.2, -0.15) is 0 Å². The molecule has 7 heteroatoms. The second-order valence-electron chi connectivity index (χ2n) is 6.09. The van der Waals surface area contributed by atoms with Crippen molar-refractivity contribution < 1.29 is 14.6 Å². The first-order valence-electron chi connectivity index (χ1n) is 7.89. The van der Waals surface area contributed by atoms with E-state index < -0.39 is 10.8 Å². The van der Waals surface area contributed by atoms with E-state index in [0.717, 1.165) is 32.7 Å². The number of carbonyl (C=O) groups excluding carboxylic acids is 1. The number of thiazole rings is 1. The number of ether oxygens (including phenoxy) is 1. The van der Waals surface area contributed by atoms with Crippen molar-refractivity contribution >= 4 is 40.9 Å². The number of hydrogen-bond acceptors (Lipinski definition) is 6. The van der Waals surface area contributed by atoms with Gasteiger partial charge in [0.15, 0.2) is 0 Å². The minimum atomic E-state index is -0.545. The second kappa shape index (κ2) is 7.06. The second-order valence-corrected chi connectivity index (χ2v) is 7.09. The molecule has 130 valence electrons. The monoisotopic (exact) mass is 358 g/mol. The lowest BCUT2D eigenvalue weighted by atomic mass is 10.1. The van der Waals surface area contributed by atoms with Crippen molar-refractivity contribution in [3.05, 3.63) is 44.4 Å². The van der Waals surface area contributed by atoms with Crippen molar-refractivity contribution in [2.24, 2.45) is 10.9 Å². The van der Waals surface area contributed by atoms with E-state index in [-0.39, 0.29) is 24.9 Å². The smallest absolute Gasteiger partial charge is 0.326 e. The minimum absolute atomic E-state index is 0.207. The molecule has 1 aliphatic heterocycles. The maximum absolute atomic E-state index is 12.1. The Labute approximate surface area is 148 Å². The van der Waals surface area contributed by atoms with Crippen molar-refractivity contribution in [3.8, 4) is 5.88 Å². The number of benzene rings is 1. The molecule has 25 heavy (non-hydrogen) atoms. The summed E-state index contributed by atoms with van der Waals surface area (Å²) in [5.41, 5.74) is 2.59. The normalized spacial score (nSPS) is 14.3. The number of hydrogen-bond donors (Lipinski definition) is 1. The van der Waals surface area contributed by atoms with E-state index in [9.17, 15) is 14.7 Å². The van der Waals surface area contributed by atoms with E-state index in [1.165, 1.54) is 0 Å². The SMILES string of the molecule is CC(C)COC(=O)Cn1c(O)c(C=C2C=Nc3ccccc32)sc1=O. The molecule has 0 fully saturated rings. The molecule has 0 amide bonds. The Kier molecular flexibility index (Phi) is 4.85. The highest BCUT2D eigenvalue weighted by Gasteiger charge is 2.18. The zero-order valence-electron chi connectivity index (χ0n) is 13.9. The number of aromatic nitrogens is 1. The van der Waals surface area contributed by atoms with Crippen molar-refractivity contribution in [2.45, 2.75) is 20.4 Å². The first kappa shape index (κ1) is 17.2. The van der Waals surface area contributed by atoms with E-state index in [1.54, 1.807) is 12.3 Å². The molecule has 2 heterocycles. The van der Waals surface area contributed by atoms with E-state index in [2.05, 4.69) is 4.99 Å². The maximum atomic E-state index is 12.1. The summed E-state index contributed by atoms with van der Waals surface area (Å²) < 4.78 is 6.09. The van der Waals surface area contributed by atoms with Gasteiger partial charge in [-0.15, -0.1) is 0 Å². The van der Waals surface area contributed by atoms with Crippen molar-refractivity contribution in [3.63, 3.8) is 0 Å². The molecule has 1 aromatic carbocycles. The molecular weight excluding hydrogens is 340 g/mol. The molecule has 0 saturated carbocycles. The number of allylic oxidation sites excluding steroid dienone is 1. The first-order chi connectivity index (χ1) is 12.0. The van der Waals surface area contributed by atoms with Gasteiger partial charge in [-0.25, -0.2) is 0 Å². The highest BCUT2D eigenvalue weighted by Crippen LogP contribution is 2.34. The van der Waals surface area contributed by atoms with Gasteiger partial charge < -0.3 is 9.84 Å². The Hall–Kier alpha value is -2.67. The molecule has 0 bridgehead atoms. The number of nitrogens with zero attached hydrogens (tertiary/aromatic N) is 2. The predicted octanol–water partition coefficient (Wildman–Crippen LogP) is 3.07. The summed E-state index contributed by atoms with van der Waals surface area (Å²) in [7, 11) is 0. The predicted molar refractivity (Wildman–Crippen MR) is 98.5 cm³/mol. The number of fused-ring (bicyclic) bond motifs is 1. The van der Waals surface area contributed by atoms with Crippen LogP contribution in [0.25, 0.3) is 11.6 Å². The number of carbonyl (C=O) groups is 1. The Balaban J connectivity index is 1.84. The summed E-state index contributed by atoms with van der Waals surface area (Å²) in [6.07, 6.45) is 3.39. The highest BCUT2D eigenvalue weighted by atomic mass is 32.1. The van der Waals surface area contributed by atoms with Crippen LogP contribution < -0.4 is 4.87 Å². The van der Waals surface area contributed by atoms with E-state index in [0.29, 0.717) is 4.88 Å². The molecule has 1 aromatic heterocycles. The van der Waals surface area contributed by atoms with Gasteiger partial charge in [0.1, 0.15) is 6.54 Å². The van der Waals surface area contributed by atoms with E-state index in [4.69, 9.17) is 4.74 Å². The average Bonchev–Trinajstić information content (AvgIpc) is 3.10. The summed E-state index contributed by atoms with van der Waals surface area (Å²) >= 11 is 0.880. The van der Waals surface area contributed by atoms with Gasteiger partial charge in [0.05, 0.1) is 17.2 Å². The van der Waals surface area contributed by atoms with Crippen LogP contribution in [0.15, 0.2) is 34.1 Å². The maximum Gasteiger partial charge on any atom is 0.326 e. The molecule has 0 radical (unpaired) electrons. The number of aliphatic imine (C=N–C) groups is 1. The van der Waals surface area contributed by atoms with Crippen molar-refractivity contribution in [1.82, 2.24) is 4.57 Å². The zero-order valence-corrected chi connectivity index (χ0v) is 14.7. The van der Waals surface area contributed by atoms with Gasteiger partial charge in [-0.1, -0.05) is 43.4 Å². The molecule has 1 aliphatic rings. The average molecular weight is 358 g/mol. The lowest BCUT2D eigenvalue weighted by molar-refractivity contribution is -0.145. The lowest BCUT2D eigenvalue weighted by Crippen LogP contribution is -2.21. The zero-order chi connectivity index (χ0) is 18.0. The molecule has 0 aliphatic carbocycles. The van der Waals surface area contributed by atoms with Gasteiger partial charge in [-0.05, 0) is 18.1 Å². The highest BCUT2D eigenvalue weighted by molar-refractivity contribution is 7.10. The van der Waals surface area contributed by atoms with Gasteiger partial charge >= 0.3 is 10.8 Å². The van der Waals surface area contributed by atoms with Gasteiger partial charge in [0, 0.05) is 17.4 Å². The largest absolute Gasteiger partial charge is 0.493 e. The molecule has 0 unspecified atom stereocenters. The fourth-order valence-electron chi connectivity index (χ4n) is 2.38. The fraction of sp³-hybridized carbons (Fsp3) is 0.278. The van der Waals surface area contributed by atoms with Crippen LogP contribution in [0.3, 0.4) is 0 Å². The molecule has 1 N–H and O–H groups in total. The van der Waals surface area contributed by atoms with Crippen LogP contribution >= 0.6 is 11.3 Å². The quantitative estimate of drug-likeness (QED) is 0.833. The first-order valence-corrected chi connectivity index (χ1v) is 8.70. The van der Waals surface area contributed by atoms with E-state index >= 15 is 0 Å². The Bertz CT molecular complexity index is 921. The third kappa shape index (κ3) is 3.71. The van der Waals surface area contributed by atoms with Crippen LogP contribution in [-0.4, -0.2) is 28.5 Å². The van der Waals surface area contributed by atoms with Crippen LogP contribution in [0.2, 0.25) is 0 Å². The fourth-order valence-corrected chi connectivity index (χ4v) is 3.21. The minimum Gasteiger partial charge on any atom is -0.493 e. The Morgan fingerprint density at radius 3 is 2.92 bits per heavy atom. The summed E-state index contributed by atoms with van der Waals surface area (Å²) in [6.45, 7) is 3.82. The van der Waals surface area contributed by atoms with Crippen molar-refractivity contribution in [1.29, 1.82) is 0 Å². The van der Waals surface area contributed by atoms with Crippen LogP contribution in [0.5, 0.6) is 5.88 Å².